The second-order valence-corrected chi connectivity index (χ2v) is 3.34. The number of carbonyl (C=O) groups excluding carboxylic acids is 1. The van der Waals surface area contributed by atoms with Crippen molar-refractivity contribution in [3.63, 3.8) is 0 Å². The lowest BCUT2D eigenvalue weighted by molar-refractivity contribution is 0.100. The molecule has 0 saturated heterocycles. The van der Waals surface area contributed by atoms with Crippen molar-refractivity contribution in [2.75, 3.05) is 0 Å². The number of carbonyl (C=O) groups is 1. The molecule has 0 radical (unpaired) electrons. The minimum atomic E-state index is -0.410. The van der Waals surface area contributed by atoms with E-state index in [1.165, 1.54) is 0 Å². The first-order chi connectivity index (χ1) is 7.16. The molecule has 2 N–H and O–H groups in total. The van der Waals surface area contributed by atoms with Crippen molar-refractivity contribution in [2.24, 2.45) is 12.8 Å². The van der Waals surface area contributed by atoms with Gasteiger partial charge in [0.05, 0.1) is 6.20 Å². The highest BCUT2D eigenvalue weighted by Crippen LogP contribution is 2.18. The van der Waals surface area contributed by atoms with Gasteiger partial charge in [0.1, 0.15) is 0 Å². The molecule has 0 aliphatic heterocycles. The number of rotatable bonds is 2. The topological polar surface area (TPSA) is 60.9 Å². The van der Waals surface area contributed by atoms with Gasteiger partial charge in [0, 0.05) is 24.4 Å². The van der Waals surface area contributed by atoms with Crippen LogP contribution in [0.5, 0.6) is 0 Å². The van der Waals surface area contributed by atoms with Gasteiger partial charge in [-0.3, -0.25) is 9.48 Å². The average molecular weight is 201 g/mol. The first-order valence-electron chi connectivity index (χ1n) is 4.56. The summed E-state index contributed by atoms with van der Waals surface area (Å²) in [6.07, 6.45) is 3.69. The number of aryl methyl sites for hydroxylation is 1. The summed E-state index contributed by atoms with van der Waals surface area (Å²) in [5.74, 6) is -0.410. The Morgan fingerprint density at radius 2 is 1.93 bits per heavy atom. The van der Waals surface area contributed by atoms with Gasteiger partial charge in [-0.1, -0.05) is 12.1 Å². The van der Waals surface area contributed by atoms with Crippen LogP contribution < -0.4 is 5.73 Å². The van der Waals surface area contributed by atoms with Crippen molar-refractivity contribution >= 4 is 5.91 Å². The van der Waals surface area contributed by atoms with Gasteiger partial charge in [-0.2, -0.15) is 5.10 Å². The molecule has 0 aliphatic rings. The third-order valence-electron chi connectivity index (χ3n) is 2.21. The molecule has 0 fully saturated rings. The Morgan fingerprint density at radius 1 is 1.27 bits per heavy atom. The highest BCUT2D eigenvalue weighted by molar-refractivity contribution is 5.93. The molecule has 1 aromatic carbocycles. The van der Waals surface area contributed by atoms with Gasteiger partial charge < -0.3 is 5.73 Å². The van der Waals surface area contributed by atoms with E-state index in [0.29, 0.717) is 5.56 Å². The summed E-state index contributed by atoms with van der Waals surface area (Å²) in [7, 11) is 1.86. The van der Waals surface area contributed by atoms with Crippen molar-refractivity contribution in [3.05, 3.63) is 42.2 Å². The van der Waals surface area contributed by atoms with Crippen LogP contribution in [-0.4, -0.2) is 15.7 Å². The molecule has 15 heavy (non-hydrogen) atoms. The van der Waals surface area contributed by atoms with Crippen LogP contribution in [0.1, 0.15) is 10.4 Å². The number of nitrogens with zero attached hydrogens (tertiary/aromatic N) is 2. The van der Waals surface area contributed by atoms with Crippen molar-refractivity contribution in [3.8, 4) is 11.1 Å². The van der Waals surface area contributed by atoms with E-state index in [4.69, 9.17) is 5.73 Å². The molecule has 1 heterocycles. The van der Waals surface area contributed by atoms with Gasteiger partial charge in [-0.25, -0.2) is 0 Å². The zero-order valence-electron chi connectivity index (χ0n) is 8.34. The summed E-state index contributed by atoms with van der Waals surface area (Å²) >= 11 is 0. The van der Waals surface area contributed by atoms with Crippen molar-refractivity contribution in [1.82, 2.24) is 9.78 Å². The van der Waals surface area contributed by atoms with Crippen LogP contribution in [0.25, 0.3) is 11.1 Å². The number of hydrogen-bond acceptors (Lipinski definition) is 2. The van der Waals surface area contributed by atoms with Crippen molar-refractivity contribution in [1.29, 1.82) is 0 Å². The van der Waals surface area contributed by atoms with Gasteiger partial charge in [0.25, 0.3) is 0 Å². The Kier molecular flexibility index (Phi) is 2.25. The van der Waals surface area contributed by atoms with Crippen LogP contribution in [-0.2, 0) is 7.05 Å². The van der Waals surface area contributed by atoms with Crippen LogP contribution in [0.3, 0.4) is 0 Å². The van der Waals surface area contributed by atoms with Gasteiger partial charge >= 0.3 is 0 Å². The Bertz CT molecular complexity index is 485. The Hall–Kier alpha value is -2.10. The maximum Gasteiger partial charge on any atom is 0.248 e. The fraction of sp³-hybridized carbons (Fsp3) is 0.0909. The average Bonchev–Trinajstić information content (AvgIpc) is 2.65. The first-order valence-corrected chi connectivity index (χ1v) is 4.56. The van der Waals surface area contributed by atoms with E-state index in [1.54, 1.807) is 23.0 Å². The molecule has 1 amide bonds. The molecule has 2 aromatic rings. The highest BCUT2D eigenvalue weighted by atomic mass is 16.1. The largest absolute Gasteiger partial charge is 0.366 e. The van der Waals surface area contributed by atoms with Gasteiger partial charge in [-0.15, -0.1) is 0 Å². The second-order valence-electron chi connectivity index (χ2n) is 3.34. The maximum absolute atomic E-state index is 10.9. The fourth-order valence-electron chi connectivity index (χ4n) is 1.40. The fourth-order valence-corrected chi connectivity index (χ4v) is 1.40. The maximum atomic E-state index is 10.9. The Labute approximate surface area is 87.3 Å². The van der Waals surface area contributed by atoms with Crippen molar-refractivity contribution in [2.45, 2.75) is 0 Å². The van der Waals surface area contributed by atoms with E-state index in [0.717, 1.165) is 11.1 Å². The minimum Gasteiger partial charge on any atom is -0.366 e. The molecule has 2 rings (SSSR count). The lowest BCUT2D eigenvalue weighted by atomic mass is 10.1. The third kappa shape index (κ3) is 1.88. The molecule has 4 nitrogen and oxygen atoms in total. The molecule has 4 heteroatoms. The van der Waals surface area contributed by atoms with Crippen LogP contribution in [0, 0.1) is 0 Å². The summed E-state index contributed by atoms with van der Waals surface area (Å²) in [4.78, 5) is 10.9. The minimum absolute atomic E-state index is 0.410. The second kappa shape index (κ2) is 3.57. The van der Waals surface area contributed by atoms with E-state index < -0.39 is 5.91 Å². The molecule has 0 bridgehead atoms. The summed E-state index contributed by atoms with van der Waals surface area (Å²) in [5.41, 5.74) is 7.71. The van der Waals surface area contributed by atoms with Gasteiger partial charge in [0.2, 0.25) is 5.91 Å². The third-order valence-corrected chi connectivity index (χ3v) is 2.21. The van der Waals surface area contributed by atoms with E-state index in [-0.39, 0.29) is 0 Å². The molecule has 0 spiro atoms. The van der Waals surface area contributed by atoms with Crippen molar-refractivity contribution < 1.29 is 4.79 Å². The lowest BCUT2D eigenvalue weighted by Crippen LogP contribution is -2.10. The summed E-state index contributed by atoms with van der Waals surface area (Å²) in [6, 6.07) is 7.14. The molecule has 0 unspecified atom stereocenters. The SMILES string of the molecule is Cn1cc(-c2ccc(C(N)=O)cc2)cn1. The smallest absolute Gasteiger partial charge is 0.248 e. The quantitative estimate of drug-likeness (QED) is 0.793. The summed E-state index contributed by atoms with van der Waals surface area (Å²) in [6.45, 7) is 0. The van der Waals surface area contributed by atoms with Crippen LogP contribution in [0.2, 0.25) is 0 Å². The molecule has 1 aromatic heterocycles. The standard InChI is InChI=1S/C11H11N3O/c1-14-7-10(6-13-14)8-2-4-9(5-3-8)11(12)15/h2-7H,1H3,(H2,12,15). The molecule has 0 atom stereocenters. The van der Waals surface area contributed by atoms with Crippen LogP contribution in [0.4, 0.5) is 0 Å². The van der Waals surface area contributed by atoms with Crippen LogP contribution >= 0.6 is 0 Å². The molecule has 76 valence electrons. The number of benzene rings is 1. The van der Waals surface area contributed by atoms with Crippen LogP contribution in [0.15, 0.2) is 36.7 Å². The van der Waals surface area contributed by atoms with E-state index >= 15 is 0 Å². The van der Waals surface area contributed by atoms with Gasteiger partial charge in [-0.05, 0) is 17.7 Å². The normalized spacial score (nSPS) is 10.2. The number of aromatic nitrogens is 2. The number of amides is 1. The predicted octanol–water partition coefficient (Wildman–Crippen LogP) is 1.19. The number of nitrogens with two attached hydrogens (primary N) is 1. The monoisotopic (exact) mass is 201 g/mol. The van der Waals surface area contributed by atoms with Gasteiger partial charge in [0.15, 0.2) is 0 Å². The molecular weight excluding hydrogens is 190 g/mol. The zero-order valence-corrected chi connectivity index (χ0v) is 8.34. The number of primary amides is 1. The summed E-state index contributed by atoms with van der Waals surface area (Å²) in [5, 5.41) is 4.08. The summed E-state index contributed by atoms with van der Waals surface area (Å²) < 4.78 is 1.73. The lowest BCUT2D eigenvalue weighted by Gasteiger charge is -1.98. The first kappa shape index (κ1) is 9.45. The predicted molar refractivity (Wildman–Crippen MR) is 57.2 cm³/mol. The highest BCUT2D eigenvalue weighted by Gasteiger charge is 2.02. The molecular formula is C11H11N3O. The Morgan fingerprint density at radius 3 is 2.40 bits per heavy atom. The van der Waals surface area contributed by atoms with E-state index in [9.17, 15) is 4.79 Å². The molecule has 0 aliphatic carbocycles. The van der Waals surface area contributed by atoms with E-state index in [2.05, 4.69) is 5.10 Å². The van der Waals surface area contributed by atoms with E-state index in [1.807, 2.05) is 25.4 Å². The molecule has 0 saturated carbocycles. The number of hydrogen-bond donors (Lipinski definition) is 1. The Balaban J connectivity index is 2.35. The zero-order chi connectivity index (χ0) is 10.8.